The molecule has 140 valence electrons. The van der Waals surface area contributed by atoms with E-state index in [4.69, 9.17) is 4.42 Å². The number of amides is 1. The molecule has 2 aromatic heterocycles. The molecule has 1 saturated heterocycles. The third-order valence-electron chi connectivity index (χ3n) is 4.96. The highest BCUT2D eigenvalue weighted by Gasteiger charge is 2.21. The number of fused-ring (bicyclic) bond motifs is 1. The average Bonchev–Trinajstić information content (AvgIpc) is 3.14. The molecule has 0 aliphatic carbocycles. The zero-order valence-electron chi connectivity index (χ0n) is 15.5. The van der Waals surface area contributed by atoms with Gasteiger partial charge in [-0.1, -0.05) is 24.3 Å². The van der Waals surface area contributed by atoms with E-state index in [2.05, 4.69) is 20.1 Å². The van der Waals surface area contributed by atoms with Gasteiger partial charge in [-0.3, -0.25) is 9.69 Å². The lowest BCUT2D eigenvalue weighted by molar-refractivity contribution is -0.123. The number of anilines is 1. The maximum Gasteiger partial charge on any atom is 0.234 e. The van der Waals surface area contributed by atoms with Crippen LogP contribution >= 0.6 is 0 Å². The Morgan fingerprint density at radius 2 is 1.93 bits per heavy atom. The minimum atomic E-state index is -0.153. The number of carbonyl (C=O) groups excluding carboxylic acids is 1. The van der Waals surface area contributed by atoms with E-state index in [9.17, 15) is 4.79 Å². The number of benzene rings is 1. The maximum atomic E-state index is 12.4. The Balaban J connectivity index is 1.28. The number of nitrogens with zero attached hydrogens (tertiary/aromatic N) is 3. The lowest BCUT2D eigenvalue weighted by Crippen LogP contribution is -2.49. The molecule has 3 aromatic rings. The maximum absolute atomic E-state index is 12.4. The van der Waals surface area contributed by atoms with E-state index < -0.39 is 0 Å². The summed E-state index contributed by atoms with van der Waals surface area (Å²) in [6.07, 6.45) is 1.81. The van der Waals surface area contributed by atoms with Crippen molar-refractivity contribution in [2.75, 3.05) is 37.6 Å². The van der Waals surface area contributed by atoms with Crippen LogP contribution < -0.4 is 10.2 Å². The van der Waals surface area contributed by atoms with Crippen molar-refractivity contribution in [2.45, 2.75) is 13.0 Å². The van der Waals surface area contributed by atoms with Gasteiger partial charge in [0.15, 0.2) is 0 Å². The highest BCUT2D eigenvalue weighted by Crippen LogP contribution is 2.23. The third-order valence-corrected chi connectivity index (χ3v) is 4.96. The van der Waals surface area contributed by atoms with E-state index in [0.29, 0.717) is 6.54 Å². The van der Waals surface area contributed by atoms with E-state index >= 15 is 0 Å². The van der Waals surface area contributed by atoms with Gasteiger partial charge in [0, 0.05) is 37.8 Å². The molecule has 1 fully saturated rings. The van der Waals surface area contributed by atoms with Crippen molar-refractivity contribution in [3.63, 3.8) is 0 Å². The van der Waals surface area contributed by atoms with E-state index in [1.165, 1.54) is 0 Å². The largest absolute Gasteiger partial charge is 0.459 e. The molecule has 1 aliphatic heterocycles. The SMILES string of the molecule is CC(NC(=O)CN1CCN(c2ccccn2)CC1)c1cc2ccccc2o1. The predicted octanol–water partition coefficient (Wildman–Crippen LogP) is 2.83. The van der Waals surface area contributed by atoms with Crippen LogP contribution in [0.1, 0.15) is 18.7 Å². The van der Waals surface area contributed by atoms with Gasteiger partial charge in [-0.2, -0.15) is 0 Å². The summed E-state index contributed by atoms with van der Waals surface area (Å²) in [6, 6.07) is 15.7. The molecule has 0 spiro atoms. The first kappa shape index (κ1) is 17.5. The number of nitrogens with one attached hydrogen (secondary N) is 1. The lowest BCUT2D eigenvalue weighted by Gasteiger charge is -2.35. The first-order valence-electron chi connectivity index (χ1n) is 9.35. The Kier molecular flexibility index (Phi) is 5.07. The first-order chi connectivity index (χ1) is 13.2. The minimum absolute atomic E-state index is 0.0224. The quantitative estimate of drug-likeness (QED) is 0.754. The number of hydrogen-bond acceptors (Lipinski definition) is 5. The molecule has 1 aromatic carbocycles. The summed E-state index contributed by atoms with van der Waals surface area (Å²) in [5.74, 6) is 1.80. The summed E-state index contributed by atoms with van der Waals surface area (Å²) >= 11 is 0. The topological polar surface area (TPSA) is 61.6 Å². The number of rotatable bonds is 5. The number of carbonyl (C=O) groups is 1. The van der Waals surface area contributed by atoms with Gasteiger partial charge in [0.25, 0.3) is 0 Å². The van der Waals surface area contributed by atoms with Gasteiger partial charge in [0.2, 0.25) is 5.91 Å². The first-order valence-corrected chi connectivity index (χ1v) is 9.35. The van der Waals surface area contributed by atoms with Crippen LogP contribution in [-0.4, -0.2) is 48.5 Å². The molecule has 0 bridgehead atoms. The van der Waals surface area contributed by atoms with Crippen LogP contribution in [0.4, 0.5) is 5.82 Å². The number of pyridine rings is 1. The number of piperazine rings is 1. The smallest absolute Gasteiger partial charge is 0.234 e. The molecule has 0 saturated carbocycles. The second-order valence-electron chi connectivity index (χ2n) is 6.93. The molecule has 1 amide bonds. The van der Waals surface area contributed by atoms with Crippen molar-refractivity contribution in [3.8, 4) is 0 Å². The average molecular weight is 364 g/mol. The van der Waals surface area contributed by atoms with Crippen molar-refractivity contribution in [2.24, 2.45) is 0 Å². The summed E-state index contributed by atoms with van der Waals surface area (Å²) in [4.78, 5) is 21.3. The molecule has 6 heteroatoms. The summed E-state index contributed by atoms with van der Waals surface area (Å²) in [6.45, 7) is 5.81. The van der Waals surface area contributed by atoms with Crippen molar-refractivity contribution in [1.29, 1.82) is 0 Å². The van der Waals surface area contributed by atoms with Gasteiger partial charge in [-0.15, -0.1) is 0 Å². The second-order valence-corrected chi connectivity index (χ2v) is 6.93. The molecule has 4 rings (SSSR count). The van der Waals surface area contributed by atoms with Crippen LogP contribution in [0.5, 0.6) is 0 Å². The third kappa shape index (κ3) is 4.11. The normalized spacial score (nSPS) is 16.4. The molecule has 1 atom stereocenters. The standard InChI is InChI=1S/C21H24N4O2/c1-16(19-14-17-6-2-3-7-18(17)27-19)23-21(26)15-24-10-12-25(13-11-24)20-8-4-5-9-22-20/h2-9,14,16H,10-13,15H2,1H3,(H,23,26). The molecule has 6 nitrogen and oxygen atoms in total. The Labute approximate surface area is 158 Å². The van der Waals surface area contributed by atoms with Crippen LogP contribution in [-0.2, 0) is 4.79 Å². The van der Waals surface area contributed by atoms with Crippen LogP contribution in [0, 0.1) is 0 Å². The zero-order valence-corrected chi connectivity index (χ0v) is 15.5. The van der Waals surface area contributed by atoms with Gasteiger partial charge in [0.05, 0.1) is 12.6 Å². The monoisotopic (exact) mass is 364 g/mol. The molecule has 1 aliphatic rings. The highest BCUT2D eigenvalue weighted by molar-refractivity contribution is 5.80. The van der Waals surface area contributed by atoms with E-state index in [1.54, 1.807) is 0 Å². The Bertz CT molecular complexity index is 868. The van der Waals surface area contributed by atoms with Gasteiger partial charge >= 0.3 is 0 Å². The number of para-hydroxylation sites is 1. The second kappa shape index (κ2) is 7.80. The number of aromatic nitrogens is 1. The van der Waals surface area contributed by atoms with Crippen molar-refractivity contribution < 1.29 is 9.21 Å². The van der Waals surface area contributed by atoms with Crippen LogP contribution in [0.25, 0.3) is 11.0 Å². The fraction of sp³-hybridized carbons (Fsp3) is 0.333. The van der Waals surface area contributed by atoms with E-state index in [0.717, 1.165) is 48.7 Å². The molecule has 3 heterocycles. The van der Waals surface area contributed by atoms with E-state index in [1.807, 2.05) is 61.7 Å². The van der Waals surface area contributed by atoms with Crippen molar-refractivity contribution >= 4 is 22.7 Å². The molecule has 0 radical (unpaired) electrons. The fourth-order valence-corrected chi connectivity index (χ4v) is 3.45. The highest BCUT2D eigenvalue weighted by atomic mass is 16.3. The molecule has 1 N–H and O–H groups in total. The van der Waals surface area contributed by atoms with Gasteiger partial charge in [-0.25, -0.2) is 4.98 Å². The van der Waals surface area contributed by atoms with Crippen LogP contribution in [0.2, 0.25) is 0 Å². The van der Waals surface area contributed by atoms with E-state index in [-0.39, 0.29) is 11.9 Å². The van der Waals surface area contributed by atoms with Crippen LogP contribution in [0.3, 0.4) is 0 Å². The minimum Gasteiger partial charge on any atom is -0.459 e. The van der Waals surface area contributed by atoms with Crippen molar-refractivity contribution in [1.82, 2.24) is 15.2 Å². The fourth-order valence-electron chi connectivity index (χ4n) is 3.45. The zero-order chi connectivity index (χ0) is 18.6. The van der Waals surface area contributed by atoms with Crippen molar-refractivity contribution in [3.05, 3.63) is 60.5 Å². The molecular formula is C21H24N4O2. The molecule has 27 heavy (non-hydrogen) atoms. The van der Waals surface area contributed by atoms with Gasteiger partial charge in [0.1, 0.15) is 17.2 Å². The summed E-state index contributed by atoms with van der Waals surface area (Å²) in [5.41, 5.74) is 0.847. The lowest BCUT2D eigenvalue weighted by atomic mass is 10.2. The van der Waals surface area contributed by atoms with Gasteiger partial charge in [-0.05, 0) is 31.2 Å². The summed E-state index contributed by atoms with van der Waals surface area (Å²) in [5, 5.41) is 4.10. The predicted molar refractivity (Wildman–Crippen MR) is 106 cm³/mol. The molecule has 1 unspecified atom stereocenters. The Morgan fingerprint density at radius 3 is 2.67 bits per heavy atom. The van der Waals surface area contributed by atoms with Crippen LogP contribution in [0.15, 0.2) is 59.1 Å². The Hall–Kier alpha value is -2.86. The summed E-state index contributed by atoms with van der Waals surface area (Å²) in [7, 11) is 0. The Morgan fingerprint density at radius 1 is 1.15 bits per heavy atom. The number of hydrogen-bond donors (Lipinski definition) is 1. The number of furan rings is 1. The van der Waals surface area contributed by atoms with Gasteiger partial charge < -0.3 is 14.6 Å². The summed E-state index contributed by atoms with van der Waals surface area (Å²) < 4.78 is 5.84. The molecular weight excluding hydrogens is 340 g/mol.